The summed E-state index contributed by atoms with van der Waals surface area (Å²) in [5.41, 5.74) is 7.73. The number of fused-ring (bicyclic) bond motifs is 3. The Morgan fingerprint density at radius 1 is 1.08 bits per heavy atom. The normalized spacial score (nSPS) is 11.7. The van der Waals surface area contributed by atoms with Crippen LogP contribution < -0.4 is 15.8 Å². The number of aromatic nitrogens is 5. The van der Waals surface area contributed by atoms with E-state index < -0.39 is 0 Å². The van der Waals surface area contributed by atoms with E-state index in [-0.39, 0.29) is 36.4 Å². The number of hydrogen-bond acceptors (Lipinski definition) is 10. The molecule has 4 rings (SSSR count). The first-order chi connectivity index (χ1) is 18.0. The molecule has 0 unspecified atom stereocenters. The lowest BCUT2D eigenvalue weighted by molar-refractivity contribution is -0.117. The smallest absolute Gasteiger partial charge is 0.252 e. The van der Waals surface area contributed by atoms with Crippen LogP contribution in [0.1, 0.15) is 28.3 Å². The molecule has 3 N–H and O–H groups in total. The molecule has 0 spiro atoms. The van der Waals surface area contributed by atoms with Gasteiger partial charge in [0.15, 0.2) is 11.4 Å². The zero-order chi connectivity index (χ0) is 26.2. The fraction of sp³-hybridized carbons (Fsp3) is 0.280. The molecule has 0 fully saturated rings. The highest BCUT2D eigenvalue weighted by Gasteiger charge is 2.17. The number of methoxy groups -OCH3 is 2. The quantitative estimate of drug-likeness (QED) is 0.214. The minimum Gasteiger partial charge on any atom is -0.470 e. The third-order valence-electron chi connectivity index (χ3n) is 5.35. The number of carbonyl (C=O) groups is 2. The fourth-order valence-corrected chi connectivity index (χ4v) is 3.57. The number of nitrogens with one attached hydrogen (secondary N) is 1. The second-order valence-corrected chi connectivity index (χ2v) is 8.04. The number of nitrogens with two attached hydrogens (primary N) is 1. The number of nitrogens with zero attached hydrogens (tertiary/aromatic N) is 5. The predicted molar refractivity (Wildman–Crippen MR) is 135 cm³/mol. The van der Waals surface area contributed by atoms with Crippen LogP contribution >= 0.6 is 0 Å². The molecule has 0 aliphatic carbocycles. The number of ketones is 1. The number of hydrogen-bond donors (Lipinski definition) is 2. The Labute approximate surface area is 212 Å². The predicted octanol–water partition coefficient (Wildman–Crippen LogP) is 1.53. The Morgan fingerprint density at radius 2 is 1.89 bits per heavy atom. The molecule has 0 saturated carbocycles. The van der Waals surface area contributed by atoms with E-state index in [0.29, 0.717) is 35.9 Å². The van der Waals surface area contributed by atoms with Gasteiger partial charge < -0.3 is 25.3 Å². The molecule has 1 aromatic carbocycles. The zero-order valence-electron chi connectivity index (χ0n) is 20.5. The van der Waals surface area contributed by atoms with E-state index in [4.69, 9.17) is 19.9 Å². The van der Waals surface area contributed by atoms with Gasteiger partial charge in [-0.1, -0.05) is 18.2 Å². The van der Waals surface area contributed by atoms with E-state index in [1.165, 1.54) is 23.9 Å². The van der Waals surface area contributed by atoms with Crippen molar-refractivity contribution in [2.75, 3.05) is 34.0 Å². The molecule has 4 aromatic rings. The molecule has 0 radical (unpaired) electrons. The Morgan fingerprint density at radius 3 is 2.62 bits per heavy atom. The first-order valence-corrected chi connectivity index (χ1v) is 11.5. The zero-order valence-corrected chi connectivity index (χ0v) is 20.5. The van der Waals surface area contributed by atoms with Gasteiger partial charge in [0.2, 0.25) is 11.7 Å². The van der Waals surface area contributed by atoms with E-state index in [1.807, 2.05) is 24.3 Å². The van der Waals surface area contributed by atoms with E-state index in [0.717, 1.165) is 17.2 Å². The first kappa shape index (κ1) is 25.7. The fourth-order valence-electron chi connectivity index (χ4n) is 3.57. The van der Waals surface area contributed by atoms with Crippen LogP contribution in [0.4, 0.5) is 0 Å². The van der Waals surface area contributed by atoms with Gasteiger partial charge in [0.05, 0.1) is 17.0 Å². The van der Waals surface area contributed by atoms with Gasteiger partial charge >= 0.3 is 0 Å². The molecule has 0 aliphatic rings. The Balaban J connectivity index is 1.55. The number of pyridine rings is 1. The number of benzene rings is 1. The van der Waals surface area contributed by atoms with Crippen molar-refractivity contribution in [3.63, 3.8) is 0 Å². The molecule has 1 amide bonds. The summed E-state index contributed by atoms with van der Waals surface area (Å²) in [5, 5.41) is 17.2. The lowest BCUT2D eigenvalue weighted by atomic mass is 10.2. The highest BCUT2D eigenvalue weighted by molar-refractivity contribution is 5.98. The van der Waals surface area contributed by atoms with Crippen molar-refractivity contribution in [3.05, 3.63) is 65.8 Å². The van der Waals surface area contributed by atoms with Crippen molar-refractivity contribution in [1.82, 2.24) is 30.1 Å². The Bertz CT molecular complexity index is 1430. The maximum atomic E-state index is 12.2. The molecule has 0 saturated heterocycles. The summed E-state index contributed by atoms with van der Waals surface area (Å²) in [6.45, 7) is 1.09. The largest absolute Gasteiger partial charge is 0.470 e. The number of rotatable bonds is 12. The van der Waals surface area contributed by atoms with Crippen LogP contribution in [0.25, 0.3) is 22.1 Å². The standard InChI is InChI=1S/C25H27N7O5/c1-35-11-5-10-27-24(34)16-8-9-17(28-13-16)14-37-25-20-7-4-3-6-19(20)22-29-30-23(32(22)31-25)21(26)12-18(33)15-36-2/h3-4,6-9,12-13H,5,10-11,14-15,26H2,1-2H3,(H,27,34). The van der Waals surface area contributed by atoms with Gasteiger partial charge in [0.1, 0.15) is 13.2 Å². The van der Waals surface area contributed by atoms with Crippen molar-refractivity contribution >= 4 is 33.8 Å². The van der Waals surface area contributed by atoms with Crippen LogP contribution in [0.2, 0.25) is 0 Å². The molecule has 3 aromatic heterocycles. The molecule has 12 nitrogen and oxygen atoms in total. The van der Waals surface area contributed by atoms with Crippen molar-refractivity contribution < 1.29 is 23.8 Å². The molecule has 37 heavy (non-hydrogen) atoms. The molecule has 0 atom stereocenters. The average Bonchev–Trinajstić information content (AvgIpc) is 3.34. The van der Waals surface area contributed by atoms with Crippen LogP contribution in [0.5, 0.6) is 5.88 Å². The summed E-state index contributed by atoms with van der Waals surface area (Å²) in [6.07, 6.45) is 3.46. The van der Waals surface area contributed by atoms with Gasteiger partial charge in [0.25, 0.3) is 5.91 Å². The number of ether oxygens (including phenoxy) is 3. The van der Waals surface area contributed by atoms with Crippen molar-refractivity contribution in [2.24, 2.45) is 5.73 Å². The minimum absolute atomic E-state index is 0.0982. The van der Waals surface area contributed by atoms with Gasteiger partial charge in [-0.2, -0.15) is 4.52 Å². The lowest BCUT2D eigenvalue weighted by Crippen LogP contribution is -2.25. The third kappa shape index (κ3) is 6.05. The highest BCUT2D eigenvalue weighted by atomic mass is 16.5. The van der Waals surface area contributed by atoms with E-state index in [9.17, 15) is 9.59 Å². The summed E-state index contributed by atoms with van der Waals surface area (Å²) in [6, 6.07) is 10.9. The van der Waals surface area contributed by atoms with Gasteiger partial charge in [-0.05, 0) is 24.6 Å². The average molecular weight is 506 g/mol. The second kappa shape index (κ2) is 12.0. The van der Waals surface area contributed by atoms with Gasteiger partial charge in [-0.3, -0.25) is 14.6 Å². The summed E-state index contributed by atoms with van der Waals surface area (Å²) in [4.78, 5) is 28.5. The van der Waals surface area contributed by atoms with Gasteiger partial charge in [-0.15, -0.1) is 15.3 Å². The van der Waals surface area contributed by atoms with E-state index in [2.05, 4.69) is 25.6 Å². The van der Waals surface area contributed by atoms with Crippen LogP contribution in [-0.2, 0) is 20.9 Å². The maximum Gasteiger partial charge on any atom is 0.252 e. The molecule has 12 heteroatoms. The Hall–Kier alpha value is -4.42. The van der Waals surface area contributed by atoms with Crippen molar-refractivity contribution in [2.45, 2.75) is 13.0 Å². The van der Waals surface area contributed by atoms with Crippen LogP contribution in [0, 0.1) is 0 Å². The topological polar surface area (TPSA) is 156 Å². The summed E-state index contributed by atoms with van der Waals surface area (Å²) >= 11 is 0. The molecular weight excluding hydrogens is 478 g/mol. The molecular formula is C25H27N7O5. The number of carbonyl (C=O) groups excluding carboxylic acids is 2. The second-order valence-electron chi connectivity index (χ2n) is 8.04. The Kier molecular flexibility index (Phi) is 8.33. The van der Waals surface area contributed by atoms with Crippen LogP contribution in [0.3, 0.4) is 0 Å². The van der Waals surface area contributed by atoms with Crippen LogP contribution in [-0.4, -0.2) is 70.5 Å². The molecule has 192 valence electrons. The minimum atomic E-state index is -0.313. The highest BCUT2D eigenvalue weighted by Crippen LogP contribution is 2.27. The summed E-state index contributed by atoms with van der Waals surface area (Å²) in [7, 11) is 3.04. The monoisotopic (exact) mass is 505 g/mol. The van der Waals surface area contributed by atoms with E-state index >= 15 is 0 Å². The molecule has 3 heterocycles. The van der Waals surface area contributed by atoms with Gasteiger partial charge in [-0.25, -0.2) is 0 Å². The molecule has 0 bridgehead atoms. The first-order valence-electron chi connectivity index (χ1n) is 11.5. The maximum absolute atomic E-state index is 12.2. The van der Waals surface area contributed by atoms with Crippen molar-refractivity contribution in [1.29, 1.82) is 0 Å². The summed E-state index contributed by atoms with van der Waals surface area (Å²) in [5.74, 6) is -0.00730. The van der Waals surface area contributed by atoms with Crippen molar-refractivity contribution in [3.8, 4) is 5.88 Å². The SMILES string of the molecule is COCCCNC(=O)c1ccc(COc2nn3c(C(N)=CC(=O)COC)nnc3c3ccccc23)nc1. The van der Waals surface area contributed by atoms with Crippen LogP contribution in [0.15, 0.2) is 48.7 Å². The van der Waals surface area contributed by atoms with Gasteiger partial charge in [0, 0.05) is 50.4 Å². The summed E-state index contributed by atoms with van der Waals surface area (Å²) < 4.78 is 17.3. The molecule has 0 aliphatic heterocycles. The third-order valence-corrected chi connectivity index (χ3v) is 5.35. The number of amides is 1. The lowest BCUT2D eigenvalue weighted by Gasteiger charge is -2.10. The van der Waals surface area contributed by atoms with E-state index in [1.54, 1.807) is 19.2 Å².